The van der Waals surface area contributed by atoms with Crippen LogP contribution in [-0.4, -0.2) is 15.0 Å². The van der Waals surface area contributed by atoms with Gasteiger partial charge in [0.05, 0.1) is 11.0 Å². The number of hydrogen-bond donors (Lipinski definition) is 2. The molecule has 90 valence electrons. The first-order chi connectivity index (χ1) is 8.72. The van der Waals surface area contributed by atoms with Gasteiger partial charge in [-0.05, 0) is 30.3 Å². The lowest BCUT2D eigenvalue weighted by molar-refractivity contribution is 0.997. The van der Waals surface area contributed by atoms with Crippen LogP contribution in [-0.2, 0) is 6.42 Å². The standard InChI is InChI=1S/C13H10ClN3O/c14-8-3-4-10-11(6-8)16-12(13(18)17-10)7-9-2-1-5-15-9/h1-6,15H,7H2,(H,17,18). The Morgan fingerprint density at radius 2 is 2.17 bits per heavy atom. The first-order valence-corrected chi connectivity index (χ1v) is 5.91. The number of hydrogen-bond acceptors (Lipinski definition) is 2. The van der Waals surface area contributed by atoms with Crippen LogP contribution in [0.25, 0.3) is 11.0 Å². The van der Waals surface area contributed by atoms with Gasteiger partial charge < -0.3 is 9.97 Å². The molecule has 3 aromatic rings. The molecule has 0 amide bonds. The minimum Gasteiger partial charge on any atom is -0.365 e. The van der Waals surface area contributed by atoms with Gasteiger partial charge in [-0.25, -0.2) is 4.98 Å². The molecule has 0 aliphatic rings. The third-order valence-electron chi connectivity index (χ3n) is 2.75. The topological polar surface area (TPSA) is 61.5 Å². The van der Waals surface area contributed by atoms with Crippen molar-refractivity contribution >= 4 is 22.6 Å². The van der Waals surface area contributed by atoms with E-state index in [1.165, 1.54) is 0 Å². The third kappa shape index (κ3) is 2.02. The number of rotatable bonds is 2. The van der Waals surface area contributed by atoms with Crippen molar-refractivity contribution in [2.45, 2.75) is 6.42 Å². The number of aromatic amines is 2. The molecule has 0 fully saturated rings. The highest BCUT2D eigenvalue weighted by molar-refractivity contribution is 6.31. The van der Waals surface area contributed by atoms with Crippen molar-refractivity contribution in [1.82, 2.24) is 15.0 Å². The van der Waals surface area contributed by atoms with Crippen LogP contribution in [0.5, 0.6) is 0 Å². The predicted molar refractivity (Wildman–Crippen MR) is 71.0 cm³/mol. The molecule has 1 aromatic carbocycles. The average molecular weight is 260 g/mol. The van der Waals surface area contributed by atoms with Gasteiger partial charge in [-0.3, -0.25) is 4.79 Å². The van der Waals surface area contributed by atoms with Gasteiger partial charge in [0.2, 0.25) is 0 Å². The fourth-order valence-electron chi connectivity index (χ4n) is 1.87. The summed E-state index contributed by atoms with van der Waals surface area (Å²) in [6.07, 6.45) is 2.30. The van der Waals surface area contributed by atoms with Crippen LogP contribution in [0.4, 0.5) is 0 Å². The van der Waals surface area contributed by atoms with Crippen LogP contribution < -0.4 is 5.56 Å². The molecule has 0 aliphatic heterocycles. The number of H-pyrrole nitrogens is 2. The summed E-state index contributed by atoms with van der Waals surface area (Å²) < 4.78 is 0. The van der Waals surface area contributed by atoms with Gasteiger partial charge in [0.25, 0.3) is 5.56 Å². The van der Waals surface area contributed by atoms with Gasteiger partial charge >= 0.3 is 0 Å². The smallest absolute Gasteiger partial charge is 0.270 e. The highest BCUT2D eigenvalue weighted by Gasteiger charge is 2.06. The molecule has 0 bridgehead atoms. The maximum atomic E-state index is 11.9. The molecule has 2 aromatic heterocycles. The number of nitrogens with one attached hydrogen (secondary N) is 2. The highest BCUT2D eigenvalue weighted by Crippen LogP contribution is 2.15. The second-order valence-corrected chi connectivity index (χ2v) is 4.48. The summed E-state index contributed by atoms with van der Waals surface area (Å²) in [4.78, 5) is 22.1. The van der Waals surface area contributed by atoms with E-state index in [1.807, 2.05) is 18.3 Å². The normalized spacial score (nSPS) is 10.9. The Balaban J connectivity index is 2.11. The van der Waals surface area contributed by atoms with Crippen molar-refractivity contribution in [2.24, 2.45) is 0 Å². The second kappa shape index (κ2) is 4.31. The number of benzene rings is 1. The van der Waals surface area contributed by atoms with E-state index in [9.17, 15) is 4.79 Å². The summed E-state index contributed by atoms with van der Waals surface area (Å²) in [5, 5.41) is 0.605. The van der Waals surface area contributed by atoms with E-state index in [-0.39, 0.29) is 5.56 Å². The maximum Gasteiger partial charge on any atom is 0.270 e. The van der Waals surface area contributed by atoms with Gasteiger partial charge in [-0.2, -0.15) is 0 Å². The number of fused-ring (bicyclic) bond motifs is 1. The zero-order valence-electron chi connectivity index (χ0n) is 9.40. The summed E-state index contributed by atoms with van der Waals surface area (Å²) in [7, 11) is 0. The monoisotopic (exact) mass is 259 g/mol. The van der Waals surface area contributed by atoms with E-state index in [0.29, 0.717) is 28.2 Å². The molecule has 0 saturated heterocycles. The zero-order valence-corrected chi connectivity index (χ0v) is 10.2. The van der Waals surface area contributed by atoms with Gasteiger partial charge in [-0.1, -0.05) is 11.6 Å². The molecule has 3 rings (SSSR count). The molecule has 4 nitrogen and oxygen atoms in total. The highest BCUT2D eigenvalue weighted by atomic mass is 35.5. The summed E-state index contributed by atoms with van der Waals surface area (Å²) in [5.41, 5.74) is 2.66. The quantitative estimate of drug-likeness (QED) is 0.743. The molecular formula is C13H10ClN3O. The van der Waals surface area contributed by atoms with Crippen LogP contribution in [0.3, 0.4) is 0 Å². The van der Waals surface area contributed by atoms with Crippen LogP contribution in [0, 0.1) is 0 Å². The van der Waals surface area contributed by atoms with Crippen molar-refractivity contribution in [2.75, 3.05) is 0 Å². The van der Waals surface area contributed by atoms with Crippen molar-refractivity contribution in [3.8, 4) is 0 Å². The van der Waals surface area contributed by atoms with Crippen molar-refractivity contribution in [1.29, 1.82) is 0 Å². The molecule has 0 aliphatic carbocycles. The Hall–Kier alpha value is -2.07. The summed E-state index contributed by atoms with van der Waals surface area (Å²) >= 11 is 5.92. The van der Waals surface area contributed by atoms with Crippen molar-refractivity contribution in [3.63, 3.8) is 0 Å². The molecule has 0 radical (unpaired) electrons. The largest absolute Gasteiger partial charge is 0.365 e. The Bertz CT molecular complexity index is 747. The molecule has 18 heavy (non-hydrogen) atoms. The van der Waals surface area contributed by atoms with Crippen LogP contribution in [0.1, 0.15) is 11.4 Å². The van der Waals surface area contributed by atoms with Crippen LogP contribution >= 0.6 is 11.6 Å². The molecule has 2 N–H and O–H groups in total. The van der Waals surface area contributed by atoms with E-state index in [1.54, 1.807) is 18.2 Å². The first-order valence-electron chi connectivity index (χ1n) is 5.53. The fraction of sp³-hybridized carbons (Fsp3) is 0.0769. The number of nitrogens with zero attached hydrogens (tertiary/aromatic N) is 1. The summed E-state index contributed by atoms with van der Waals surface area (Å²) in [5.74, 6) is 0. The Kier molecular flexibility index (Phi) is 2.64. The zero-order chi connectivity index (χ0) is 12.5. The fourth-order valence-corrected chi connectivity index (χ4v) is 2.04. The SMILES string of the molecule is O=c1[nH]c2ccc(Cl)cc2nc1Cc1ccc[nH]1. The van der Waals surface area contributed by atoms with Gasteiger partial charge in [0.15, 0.2) is 0 Å². The number of aromatic nitrogens is 3. The predicted octanol–water partition coefficient (Wildman–Crippen LogP) is 2.50. The summed E-state index contributed by atoms with van der Waals surface area (Å²) in [6.45, 7) is 0. The van der Waals surface area contributed by atoms with Gasteiger partial charge in [-0.15, -0.1) is 0 Å². The lowest BCUT2D eigenvalue weighted by atomic mass is 10.2. The van der Waals surface area contributed by atoms with E-state index < -0.39 is 0 Å². The van der Waals surface area contributed by atoms with E-state index >= 15 is 0 Å². The number of halogens is 1. The van der Waals surface area contributed by atoms with Crippen molar-refractivity contribution in [3.05, 3.63) is 63.3 Å². The average Bonchev–Trinajstić information content (AvgIpc) is 2.83. The Morgan fingerprint density at radius 3 is 2.94 bits per heavy atom. The minimum absolute atomic E-state index is 0.167. The molecule has 2 heterocycles. The lowest BCUT2D eigenvalue weighted by Gasteiger charge is -2.02. The van der Waals surface area contributed by atoms with E-state index in [2.05, 4.69) is 15.0 Å². The molecule has 5 heteroatoms. The second-order valence-electron chi connectivity index (χ2n) is 4.05. The molecule has 0 atom stereocenters. The molecule has 0 unspecified atom stereocenters. The van der Waals surface area contributed by atoms with Crippen molar-refractivity contribution < 1.29 is 0 Å². The molecule has 0 saturated carbocycles. The lowest BCUT2D eigenvalue weighted by Crippen LogP contribution is -2.15. The van der Waals surface area contributed by atoms with Gasteiger partial charge in [0, 0.05) is 23.3 Å². The molecular weight excluding hydrogens is 250 g/mol. The third-order valence-corrected chi connectivity index (χ3v) is 2.98. The van der Waals surface area contributed by atoms with Crippen LogP contribution in [0.2, 0.25) is 5.02 Å². The molecule has 0 spiro atoms. The first kappa shape index (κ1) is 11.0. The van der Waals surface area contributed by atoms with E-state index in [0.717, 1.165) is 5.69 Å². The van der Waals surface area contributed by atoms with Gasteiger partial charge in [0.1, 0.15) is 5.69 Å². The minimum atomic E-state index is -0.167. The van der Waals surface area contributed by atoms with E-state index in [4.69, 9.17) is 11.6 Å². The Morgan fingerprint density at radius 1 is 1.28 bits per heavy atom. The van der Waals surface area contributed by atoms with Crippen LogP contribution in [0.15, 0.2) is 41.3 Å². The Labute approximate surface area is 108 Å². The summed E-state index contributed by atoms with van der Waals surface area (Å²) in [6, 6.07) is 9.03. The maximum absolute atomic E-state index is 11.9.